The zero-order chi connectivity index (χ0) is 33.5. The first kappa shape index (κ1) is 33.9. The van der Waals surface area contributed by atoms with E-state index in [0.717, 1.165) is 0 Å². The molecule has 5 N–H and O–H groups in total. The lowest BCUT2D eigenvalue weighted by Crippen LogP contribution is -2.18. The quantitative estimate of drug-likeness (QED) is 0.103. The van der Waals surface area contributed by atoms with Gasteiger partial charge < -0.3 is 10.1 Å². The van der Waals surface area contributed by atoms with E-state index in [4.69, 9.17) is 4.74 Å². The number of rotatable bonds is 13. The Hall–Kier alpha value is -4.97. The third-order valence-corrected chi connectivity index (χ3v) is 9.39. The monoisotopic (exact) mass is 669 g/mol. The van der Waals surface area contributed by atoms with Crippen LogP contribution in [0.2, 0.25) is 0 Å². The van der Waals surface area contributed by atoms with Crippen molar-refractivity contribution in [3.05, 3.63) is 89.7 Å². The maximum atomic E-state index is 14.7. The van der Waals surface area contributed by atoms with Crippen LogP contribution in [0.4, 0.5) is 27.7 Å². The fraction of sp³-hybridized carbons (Fsp3) is 0.172. The highest BCUT2D eigenvalue weighted by Gasteiger charge is 2.13. The van der Waals surface area contributed by atoms with Crippen LogP contribution in [0.25, 0.3) is 0 Å². The lowest BCUT2D eigenvalue weighted by molar-refractivity contribution is 0.411. The molecular weight excluding hydrogens is 638 g/mol. The van der Waals surface area contributed by atoms with Crippen LogP contribution in [0.1, 0.15) is 25.0 Å². The summed E-state index contributed by atoms with van der Waals surface area (Å²) in [5.74, 6) is 0.199. The molecule has 14 nitrogen and oxygen atoms in total. The van der Waals surface area contributed by atoms with Crippen LogP contribution in [-0.2, 0) is 20.0 Å². The number of hydrazone groups is 2. The van der Waals surface area contributed by atoms with Crippen molar-refractivity contribution in [1.82, 2.24) is 19.4 Å². The second-order valence-electron chi connectivity index (χ2n) is 9.51. The van der Waals surface area contributed by atoms with Gasteiger partial charge in [-0.2, -0.15) is 20.2 Å². The summed E-state index contributed by atoms with van der Waals surface area (Å²) in [6, 6.07) is 18.1. The van der Waals surface area contributed by atoms with E-state index < -0.39 is 25.9 Å². The molecule has 0 saturated carbocycles. The van der Waals surface area contributed by atoms with E-state index in [2.05, 4.69) is 45.8 Å². The smallest absolute Gasteiger partial charge is 0.240 e. The van der Waals surface area contributed by atoms with Gasteiger partial charge in [-0.15, -0.1) is 0 Å². The average molecular weight is 670 g/mol. The molecule has 4 aromatic rings. The van der Waals surface area contributed by atoms with E-state index in [1.807, 2.05) is 0 Å². The lowest BCUT2D eigenvalue weighted by atomic mass is 10.1. The van der Waals surface area contributed by atoms with Gasteiger partial charge in [-0.3, -0.25) is 10.9 Å². The van der Waals surface area contributed by atoms with Gasteiger partial charge in [0.15, 0.2) is 11.6 Å². The van der Waals surface area contributed by atoms with Gasteiger partial charge in [-0.25, -0.2) is 30.7 Å². The molecule has 0 aliphatic carbocycles. The number of benzene rings is 3. The zero-order valence-electron chi connectivity index (χ0n) is 25.5. The Morgan fingerprint density at radius 1 is 0.717 bits per heavy atom. The van der Waals surface area contributed by atoms with E-state index in [1.165, 1.54) is 63.7 Å². The van der Waals surface area contributed by atoms with Crippen LogP contribution in [-0.4, -0.2) is 59.4 Å². The molecule has 0 radical (unpaired) electrons. The Bertz CT molecular complexity index is 1870. The normalized spacial score (nSPS) is 12.5. The second kappa shape index (κ2) is 14.4. The topological polar surface area (TPSA) is 188 Å². The number of hydrogen-bond donors (Lipinski definition) is 5. The molecule has 3 aromatic carbocycles. The number of halogens is 1. The van der Waals surface area contributed by atoms with Crippen molar-refractivity contribution in [3.8, 4) is 5.75 Å². The molecule has 242 valence electrons. The first-order chi connectivity index (χ1) is 21.8. The number of anilines is 4. The van der Waals surface area contributed by atoms with Gasteiger partial charge in [0.2, 0.25) is 26.0 Å². The summed E-state index contributed by atoms with van der Waals surface area (Å²) in [6.45, 7) is 3.45. The van der Waals surface area contributed by atoms with Crippen molar-refractivity contribution in [2.75, 3.05) is 37.4 Å². The van der Waals surface area contributed by atoms with Crippen molar-refractivity contribution < 1.29 is 26.0 Å². The molecule has 1 heterocycles. The molecule has 46 heavy (non-hydrogen) atoms. The van der Waals surface area contributed by atoms with Crippen molar-refractivity contribution in [1.29, 1.82) is 0 Å². The molecule has 0 amide bonds. The van der Waals surface area contributed by atoms with Gasteiger partial charge in [0, 0.05) is 12.1 Å². The number of nitrogens with zero attached hydrogens (tertiary/aromatic N) is 4. The summed E-state index contributed by atoms with van der Waals surface area (Å²) in [4.78, 5) is 9.00. The average Bonchev–Trinajstić information content (AvgIpc) is 3.07. The fourth-order valence-electron chi connectivity index (χ4n) is 3.86. The number of methoxy groups -OCH3 is 1. The Morgan fingerprint density at radius 2 is 1.17 bits per heavy atom. The molecule has 0 spiro atoms. The predicted molar refractivity (Wildman–Crippen MR) is 175 cm³/mol. The molecule has 4 rings (SSSR count). The van der Waals surface area contributed by atoms with Crippen LogP contribution in [0.15, 0.2) is 92.8 Å². The van der Waals surface area contributed by atoms with Gasteiger partial charge in [0.1, 0.15) is 11.6 Å². The summed E-state index contributed by atoms with van der Waals surface area (Å²) in [5, 5.41) is 11.6. The molecule has 0 atom stereocenters. The van der Waals surface area contributed by atoms with Crippen molar-refractivity contribution in [2.24, 2.45) is 10.2 Å². The number of ether oxygens (including phenoxy) is 1. The van der Waals surface area contributed by atoms with Gasteiger partial charge >= 0.3 is 0 Å². The number of hydrogen-bond acceptors (Lipinski definition) is 12. The summed E-state index contributed by atoms with van der Waals surface area (Å²) in [6.07, 6.45) is 0. The van der Waals surface area contributed by atoms with E-state index in [9.17, 15) is 21.2 Å². The Morgan fingerprint density at radius 3 is 1.57 bits per heavy atom. The Balaban J connectivity index is 1.61. The van der Waals surface area contributed by atoms with Crippen LogP contribution in [0.5, 0.6) is 5.75 Å². The van der Waals surface area contributed by atoms with E-state index in [-0.39, 0.29) is 33.1 Å². The molecule has 1 aromatic heterocycles. The van der Waals surface area contributed by atoms with E-state index >= 15 is 0 Å². The number of sulfonamides is 2. The van der Waals surface area contributed by atoms with Crippen LogP contribution in [0, 0.1) is 5.82 Å². The third-order valence-electron chi connectivity index (χ3n) is 6.53. The second-order valence-corrected chi connectivity index (χ2v) is 13.3. The predicted octanol–water partition coefficient (Wildman–Crippen LogP) is 3.86. The first-order valence-corrected chi connectivity index (χ1v) is 16.5. The molecule has 0 bridgehead atoms. The highest BCUT2D eigenvalue weighted by molar-refractivity contribution is 7.89. The SMILES string of the molecule is CNS(=O)(=O)c1ccc(C(C)=NNc2cc(NN=C(C)c3ccc(S(=O)(=O)NC)cc3)nc(Nc3ccc(OC)cc3F)n2)cc1. The largest absolute Gasteiger partial charge is 0.497 e. The van der Waals surface area contributed by atoms with Gasteiger partial charge in [0.25, 0.3) is 0 Å². The molecule has 0 fully saturated rings. The minimum atomic E-state index is -3.58. The highest BCUT2D eigenvalue weighted by Crippen LogP contribution is 2.24. The maximum absolute atomic E-state index is 14.7. The number of nitrogens with one attached hydrogen (secondary N) is 5. The fourth-order valence-corrected chi connectivity index (χ4v) is 5.32. The van der Waals surface area contributed by atoms with Crippen LogP contribution in [0.3, 0.4) is 0 Å². The minimum Gasteiger partial charge on any atom is -0.497 e. The highest BCUT2D eigenvalue weighted by atomic mass is 32.2. The van der Waals surface area contributed by atoms with Crippen LogP contribution >= 0.6 is 0 Å². The third kappa shape index (κ3) is 8.39. The summed E-state index contributed by atoms with van der Waals surface area (Å²) in [7, 11) is -3.07. The van der Waals surface area contributed by atoms with Gasteiger partial charge in [0.05, 0.1) is 34.0 Å². The number of aromatic nitrogens is 2. The van der Waals surface area contributed by atoms with Crippen molar-refractivity contribution in [2.45, 2.75) is 23.6 Å². The molecule has 0 aliphatic rings. The summed E-state index contributed by atoms with van der Waals surface area (Å²) < 4.78 is 72.4. The Kier molecular flexibility index (Phi) is 10.6. The van der Waals surface area contributed by atoms with Crippen LogP contribution < -0.4 is 30.3 Å². The molecule has 0 saturated heterocycles. The Labute approximate surface area is 266 Å². The molecule has 0 unspecified atom stereocenters. The summed E-state index contributed by atoms with van der Waals surface area (Å²) in [5.41, 5.74) is 8.14. The lowest BCUT2D eigenvalue weighted by Gasteiger charge is -2.11. The molecule has 0 aliphatic heterocycles. The van der Waals surface area contributed by atoms with E-state index in [1.54, 1.807) is 44.2 Å². The standard InChI is InChI=1S/C29H32FN9O5S2/c1-18(20-6-11-23(12-7-20)45(40,41)31-3)36-38-27-17-28(35-29(34-27)33-26-15-10-22(44-5)16-25(26)30)39-37-19(2)21-8-13-24(14-9-21)46(42,43)32-4/h6-17,31-32H,1-5H3,(H3,33,34,35,38,39). The first-order valence-electron chi connectivity index (χ1n) is 13.5. The van der Waals surface area contributed by atoms with Crippen molar-refractivity contribution in [3.63, 3.8) is 0 Å². The maximum Gasteiger partial charge on any atom is 0.240 e. The minimum absolute atomic E-state index is 0.0144. The van der Waals surface area contributed by atoms with E-state index in [0.29, 0.717) is 28.3 Å². The van der Waals surface area contributed by atoms with Crippen molar-refractivity contribution >= 4 is 54.7 Å². The summed E-state index contributed by atoms with van der Waals surface area (Å²) >= 11 is 0. The molecular formula is C29H32FN9O5S2. The van der Waals surface area contributed by atoms with Gasteiger partial charge in [-0.05, 0) is 75.5 Å². The zero-order valence-corrected chi connectivity index (χ0v) is 27.1. The molecule has 17 heteroatoms. The van der Waals surface area contributed by atoms with Gasteiger partial charge in [-0.1, -0.05) is 24.3 Å².